The summed E-state index contributed by atoms with van der Waals surface area (Å²) in [5.74, 6) is -9.15. The van der Waals surface area contributed by atoms with Gasteiger partial charge in [-0.3, -0.25) is 0 Å². The molecular formula is C17H28O15. The highest BCUT2D eigenvalue weighted by atomic mass is 16.7. The van der Waals surface area contributed by atoms with Crippen LogP contribution < -0.4 is 0 Å². The zero-order valence-corrected chi connectivity index (χ0v) is 16.9. The number of methoxy groups -OCH3 is 1. The van der Waals surface area contributed by atoms with Crippen LogP contribution in [0.5, 0.6) is 0 Å². The average Bonchev–Trinajstić information content (AvgIpc) is 2.73. The van der Waals surface area contributed by atoms with Gasteiger partial charge in [0, 0.05) is 20.0 Å². The average molecular weight is 472 g/mol. The van der Waals surface area contributed by atoms with Gasteiger partial charge in [0.15, 0.2) is 0 Å². The topological polar surface area (TPSA) is 253 Å². The van der Waals surface area contributed by atoms with Crippen molar-refractivity contribution in [2.75, 3.05) is 20.3 Å². The summed E-state index contributed by atoms with van der Waals surface area (Å²) < 4.78 is 20.5. The Bertz CT molecular complexity index is 674. The summed E-state index contributed by atoms with van der Waals surface area (Å²) in [6.07, 6.45) is -15.4. The highest BCUT2D eigenvalue weighted by Gasteiger charge is 2.56. The third kappa shape index (κ3) is 5.18. The van der Waals surface area contributed by atoms with Gasteiger partial charge in [0.25, 0.3) is 11.6 Å². The smallest absolute Gasteiger partial charge is 0.364 e. The summed E-state index contributed by atoms with van der Waals surface area (Å²) in [6.45, 7) is -1.73. The van der Waals surface area contributed by atoms with Crippen molar-refractivity contribution in [3.05, 3.63) is 0 Å². The quantitative estimate of drug-likeness (QED) is 0.152. The molecule has 2 rings (SSSR count). The molecule has 0 unspecified atom stereocenters. The minimum atomic E-state index is -2.87. The Kier molecular flexibility index (Phi) is 8.52. The first-order valence-electron chi connectivity index (χ1n) is 9.54. The van der Waals surface area contributed by atoms with Crippen LogP contribution in [0, 0.1) is 0 Å². The number of hydrogen-bond donors (Lipinski definition) is 9. The number of rotatable bonds is 9. The SMILES string of the molecule is CO[C@H](CO[C@]1(C(=O)O)C[C@@H](O)[C@@H](O)[C@@H]([C@H](O)CO)O1)[C@H]1O[C@@](O)(C(=O)O)C[C@@H](O)[C@H]1O. The zero-order valence-electron chi connectivity index (χ0n) is 16.9. The van der Waals surface area contributed by atoms with Crippen LogP contribution in [0.1, 0.15) is 12.8 Å². The lowest BCUT2D eigenvalue weighted by atomic mass is 9.91. The first-order valence-corrected chi connectivity index (χ1v) is 9.54. The van der Waals surface area contributed by atoms with Gasteiger partial charge in [0.2, 0.25) is 0 Å². The predicted octanol–water partition coefficient (Wildman–Crippen LogP) is -5.05. The van der Waals surface area contributed by atoms with Crippen LogP contribution in [-0.2, 0) is 28.5 Å². The molecule has 10 atom stereocenters. The highest BCUT2D eigenvalue weighted by molar-refractivity contribution is 5.76. The van der Waals surface area contributed by atoms with Crippen LogP contribution in [0.15, 0.2) is 0 Å². The largest absolute Gasteiger partial charge is 0.477 e. The molecule has 186 valence electrons. The minimum Gasteiger partial charge on any atom is -0.477 e. The Balaban J connectivity index is 2.24. The third-order valence-electron chi connectivity index (χ3n) is 5.46. The van der Waals surface area contributed by atoms with Gasteiger partial charge < -0.3 is 64.9 Å². The van der Waals surface area contributed by atoms with E-state index in [0.29, 0.717) is 0 Å². The molecule has 9 N–H and O–H groups in total. The Hall–Kier alpha value is -1.50. The molecule has 15 nitrogen and oxygen atoms in total. The molecule has 0 aromatic heterocycles. The lowest BCUT2D eigenvalue weighted by Crippen LogP contribution is -2.64. The summed E-state index contributed by atoms with van der Waals surface area (Å²) in [4.78, 5) is 23.2. The molecule has 0 bridgehead atoms. The van der Waals surface area contributed by atoms with Crippen molar-refractivity contribution in [3.63, 3.8) is 0 Å². The van der Waals surface area contributed by atoms with Gasteiger partial charge in [-0.25, -0.2) is 9.59 Å². The van der Waals surface area contributed by atoms with Crippen LogP contribution >= 0.6 is 0 Å². The van der Waals surface area contributed by atoms with E-state index in [0.717, 1.165) is 7.11 Å². The molecule has 2 fully saturated rings. The Morgan fingerprint density at radius 1 is 1.00 bits per heavy atom. The molecule has 0 spiro atoms. The second kappa shape index (κ2) is 10.2. The summed E-state index contributed by atoms with van der Waals surface area (Å²) >= 11 is 0. The van der Waals surface area contributed by atoms with E-state index in [4.69, 9.17) is 29.2 Å². The number of ether oxygens (including phenoxy) is 4. The zero-order chi connectivity index (χ0) is 24.4. The van der Waals surface area contributed by atoms with Gasteiger partial charge >= 0.3 is 11.9 Å². The number of carboxylic acids is 2. The summed E-state index contributed by atoms with van der Waals surface area (Å²) in [6, 6.07) is 0. The standard InChI is InChI=1S/C17H28O15/c1-29-9(13-11(23)6(19)2-16(28,31-13)14(24)25)5-30-17(15(26)27)3-7(20)10(22)12(32-17)8(21)4-18/h6-13,18-23,28H,2-5H2,1H3,(H,24,25)(H,26,27)/t6-,7-,8-,9-,10-,11-,12-,13-,16-,17-/m1/s1. The van der Waals surface area contributed by atoms with E-state index >= 15 is 0 Å². The maximum Gasteiger partial charge on any atom is 0.364 e. The monoisotopic (exact) mass is 472 g/mol. The van der Waals surface area contributed by atoms with Gasteiger partial charge in [-0.1, -0.05) is 0 Å². The van der Waals surface area contributed by atoms with E-state index in [2.05, 4.69) is 0 Å². The second-order valence-corrected chi connectivity index (χ2v) is 7.67. The number of hydrogen-bond acceptors (Lipinski definition) is 13. The molecule has 2 aliphatic heterocycles. The van der Waals surface area contributed by atoms with E-state index in [9.17, 15) is 45.3 Å². The molecule has 0 radical (unpaired) electrons. The van der Waals surface area contributed by atoms with Crippen molar-refractivity contribution in [1.29, 1.82) is 0 Å². The molecule has 0 saturated carbocycles. The number of aliphatic carboxylic acids is 2. The maximum atomic E-state index is 11.9. The maximum absolute atomic E-state index is 11.9. The van der Waals surface area contributed by atoms with E-state index in [1.54, 1.807) is 0 Å². The molecule has 2 saturated heterocycles. The van der Waals surface area contributed by atoms with Gasteiger partial charge in [0.1, 0.15) is 36.6 Å². The van der Waals surface area contributed by atoms with Gasteiger partial charge in [-0.15, -0.1) is 0 Å². The molecule has 0 aromatic rings. The fraction of sp³-hybridized carbons (Fsp3) is 0.882. The van der Waals surface area contributed by atoms with E-state index < -0.39 is 98.4 Å². The fourth-order valence-electron chi connectivity index (χ4n) is 3.57. The van der Waals surface area contributed by atoms with Gasteiger partial charge in [-0.05, 0) is 0 Å². The van der Waals surface area contributed by atoms with E-state index in [-0.39, 0.29) is 0 Å². The summed E-state index contributed by atoms with van der Waals surface area (Å²) in [5, 5.41) is 87.9. The Labute approximate surface area is 180 Å². The minimum absolute atomic E-state index is 0.794. The molecule has 2 heterocycles. The highest BCUT2D eigenvalue weighted by Crippen LogP contribution is 2.35. The van der Waals surface area contributed by atoms with Crippen LogP contribution in [0.25, 0.3) is 0 Å². The number of carboxylic acid groups (broad SMARTS) is 2. The molecular weight excluding hydrogens is 444 g/mol. The van der Waals surface area contributed by atoms with Crippen molar-refractivity contribution < 1.29 is 74.5 Å². The fourth-order valence-corrected chi connectivity index (χ4v) is 3.57. The van der Waals surface area contributed by atoms with Crippen molar-refractivity contribution >= 4 is 11.9 Å². The first kappa shape index (κ1) is 26.7. The van der Waals surface area contributed by atoms with Crippen LogP contribution in [0.3, 0.4) is 0 Å². The Morgan fingerprint density at radius 2 is 1.56 bits per heavy atom. The normalized spacial score (nSPS) is 42.2. The Morgan fingerprint density at radius 3 is 2.06 bits per heavy atom. The predicted molar refractivity (Wildman–Crippen MR) is 95.8 cm³/mol. The van der Waals surface area contributed by atoms with Crippen LogP contribution in [0.2, 0.25) is 0 Å². The molecule has 0 aliphatic carbocycles. The van der Waals surface area contributed by atoms with Crippen LogP contribution in [0.4, 0.5) is 0 Å². The third-order valence-corrected chi connectivity index (χ3v) is 5.46. The van der Waals surface area contributed by atoms with Gasteiger partial charge in [-0.2, -0.15) is 0 Å². The lowest BCUT2D eigenvalue weighted by Gasteiger charge is -2.45. The number of aliphatic hydroxyl groups is 7. The molecule has 15 heteroatoms. The summed E-state index contributed by atoms with van der Waals surface area (Å²) in [5.41, 5.74) is 0. The molecule has 0 aromatic carbocycles. The lowest BCUT2D eigenvalue weighted by molar-refractivity contribution is -0.339. The molecule has 2 aliphatic rings. The van der Waals surface area contributed by atoms with Crippen molar-refractivity contribution in [1.82, 2.24) is 0 Å². The van der Waals surface area contributed by atoms with E-state index in [1.165, 1.54) is 0 Å². The molecule has 32 heavy (non-hydrogen) atoms. The second-order valence-electron chi connectivity index (χ2n) is 7.67. The molecule has 0 amide bonds. The first-order chi connectivity index (χ1) is 14.8. The van der Waals surface area contributed by atoms with Crippen LogP contribution in [-0.4, -0.2) is 139 Å². The van der Waals surface area contributed by atoms with Crippen molar-refractivity contribution in [2.45, 2.75) is 73.2 Å². The number of carbonyl (C=O) groups is 2. The van der Waals surface area contributed by atoms with Crippen molar-refractivity contribution in [2.24, 2.45) is 0 Å². The summed E-state index contributed by atoms with van der Waals surface area (Å²) in [7, 11) is 1.07. The van der Waals surface area contributed by atoms with Crippen molar-refractivity contribution in [3.8, 4) is 0 Å². The van der Waals surface area contributed by atoms with E-state index in [1.807, 2.05) is 0 Å². The number of aliphatic hydroxyl groups excluding tert-OH is 6. The van der Waals surface area contributed by atoms with Gasteiger partial charge in [0.05, 0.1) is 25.4 Å².